The van der Waals surface area contributed by atoms with Gasteiger partial charge in [0.05, 0.1) is 6.20 Å². The highest BCUT2D eigenvalue weighted by Crippen LogP contribution is 2.37. The molecule has 5 heteroatoms. The molecule has 3 aromatic rings. The number of hydrogen-bond acceptors (Lipinski definition) is 2. The number of nitrogens with zero attached hydrogens (tertiary/aromatic N) is 3. The van der Waals surface area contributed by atoms with Gasteiger partial charge in [-0.1, -0.05) is 13.8 Å². The lowest BCUT2D eigenvalue weighted by atomic mass is 9.91. The summed E-state index contributed by atoms with van der Waals surface area (Å²) >= 11 is 0. The number of rotatable bonds is 4. The van der Waals surface area contributed by atoms with Crippen LogP contribution < -0.4 is 0 Å². The lowest BCUT2D eigenvalue weighted by Gasteiger charge is -2.15. The number of benzene rings is 1. The third-order valence-electron chi connectivity index (χ3n) is 4.35. The van der Waals surface area contributed by atoms with Crippen molar-refractivity contribution in [3.05, 3.63) is 48.0 Å². The number of fused-ring (bicyclic) bond motifs is 1. The van der Waals surface area contributed by atoms with Crippen LogP contribution in [0.5, 0.6) is 0 Å². The second kappa shape index (κ2) is 6.07. The van der Waals surface area contributed by atoms with Crippen LogP contribution in [-0.2, 0) is 7.05 Å². The Hall–Kier alpha value is -2.30. The molecule has 1 aromatic carbocycles. The van der Waals surface area contributed by atoms with Crippen molar-refractivity contribution in [1.29, 1.82) is 0 Å². The van der Waals surface area contributed by atoms with E-state index < -0.39 is 6.43 Å². The molecule has 0 N–H and O–H groups in total. The lowest BCUT2D eigenvalue weighted by molar-refractivity contribution is 0.152. The van der Waals surface area contributed by atoms with E-state index in [-0.39, 0.29) is 11.5 Å². The summed E-state index contributed by atoms with van der Waals surface area (Å²) in [6.45, 7) is 4.18. The minimum absolute atomic E-state index is 0.0428. The number of aromatic nitrogens is 3. The molecule has 3 nitrogen and oxygen atoms in total. The smallest absolute Gasteiger partial charge is 0.264 e. The monoisotopic (exact) mass is 315 g/mol. The Kier molecular flexibility index (Phi) is 4.11. The molecule has 0 aliphatic heterocycles. The van der Waals surface area contributed by atoms with Crippen molar-refractivity contribution in [3.63, 3.8) is 0 Å². The fraction of sp³-hybridized carbons (Fsp3) is 0.333. The number of aryl methyl sites for hydroxylation is 1. The van der Waals surface area contributed by atoms with Crippen LogP contribution in [0.2, 0.25) is 0 Å². The minimum atomic E-state index is -2.53. The first-order valence-electron chi connectivity index (χ1n) is 7.70. The fourth-order valence-electron chi connectivity index (χ4n) is 2.86. The first kappa shape index (κ1) is 15.6. The third kappa shape index (κ3) is 2.83. The fourth-order valence-corrected chi connectivity index (χ4v) is 2.86. The van der Waals surface area contributed by atoms with E-state index in [2.05, 4.69) is 23.9 Å². The Balaban J connectivity index is 2.28. The molecule has 1 atom stereocenters. The summed E-state index contributed by atoms with van der Waals surface area (Å²) < 4.78 is 28.9. The highest BCUT2D eigenvalue weighted by molar-refractivity contribution is 5.91. The zero-order chi connectivity index (χ0) is 16.6. The van der Waals surface area contributed by atoms with Gasteiger partial charge in [0.1, 0.15) is 0 Å². The maximum atomic E-state index is 13.6. The van der Waals surface area contributed by atoms with Crippen LogP contribution in [0.1, 0.15) is 43.7 Å². The predicted molar refractivity (Wildman–Crippen MR) is 87.6 cm³/mol. The Morgan fingerprint density at radius 1 is 1.13 bits per heavy atom. The summed E-state index contributed by atoms with van der Waals surface area (Å²) in [5, 5.41) is 5.83. The largest absolute Gasteiger partial charge is 0.275 e. The van der Waals surface area contributed by atoms with Crippen LogP contribution in [0.15, 0.2) is 36.9 Å². The zero-order valence-electron chi connectivity index (χ0n) is 13.4. The molecule has 0 aliphatic carbocycles. The SMILES string of the molecule is CCC(C)c1cncc2cc(-c3cnn(C)c3)c(C(F)F)cc12. The van der Waals surface area contributed by atoms with Gasteiger partial charge in [0.25, 0.3) is 6.43 Å². The van der Waals surface area contributed by atoms with Crippen molar-refractivity contribution in [2.75, 3.05) is 0 Å². The Labute approximate surface area is 134 Å². The third-order valence-corrected chi connectivity index (χ3v) is 4.35. The number of alkyl halides is 2. The van der Waals surface area contributed by atoms with E-state index >= 15 is 0 Å². The Morgan fingerprint density at radius 3 is 2.52 bits per heavy atom. The van der Waals surface area contributed by atoms with Gasteiger partial charge in [-0.3, -0.25) is 9.67 Å². The van der Waals surface area contributed by atoms with Crippen molar-refractivity contribution >= 4 is 10.8 Å². The highest BCUT2D eigenvalue weighted by atomic mass is 19.3. The number of pyridine rings is 1. The summed E-state index contributed by atoms with van der Waals surface area (Å²) in [7, 11) is 1.77. The van der Waals surface area contributed by atoms with E-state index in [1.807, 2.05) is 0 Å². The lowest BCUT2D eigenvalue weighted by Crippen LogP contribution is -1.97. The van der Waals surface area contributed by atoms with Crippen molar-refractivity contribution in [2.24, 2.45) is 7.05 Å². The summed E-state index contributed by atoms with van der Waals surface area (Å²) in [5.41, 5.74) is 2.27. The topological polar surface area (TPSA) is 30.7 Å². The molecule has 0 saturated carbocycles. The maximum Gasteiger partial charge on any atom is 0.264 e. The summed E-state index contributed by atoms with van der Waals surface area (Å²) in [5.74, 6) is 0.279. The van der Waals surface area contributed by atoms with Crippen LogP contribution in [0.4, 0.5) is 8.78 Å². The van der Waals surface area contributed by atoms with Crippen molar-refractivity contribution < 1.29 is 8.78 Å². The normalized spacial score (nSPS) is 13.0. The van der Waals surface area contributed by atoms with Gasteiger partial charge in [0, 0.05) is 42.2 Å². The van der Waals surface area contributed by atoms with Gasteiger partial charge in [-0.2, -0.15) is 5.10 Å². The molecular weight excluding hydrogens is 296 g/mol. The summed E-state index contributed by atoms with van der Waals surface area (Å²) in [4.78, 5) is 4.29. The van der Waals surface area contributed by atoms with Crippen LogP contribution in [0.25, 0.3) is 21.9 Å². The molecule has 0 saturated heterocycles. The van der Waals surface area contributed by atoms with E-state index in [0.29, 0.717) is 11.1 Å². The van der Waals surface area contributed by atoms with Gasteiger partial charge in [-0.15, -0.1) is 0 Å². The highest BCUT2D eigenvalue weighted by Gasteiger charge is 2.19. The maximum absolute atomic E-state index is 13.6. The van der Waals surface area contributed by atoms with Crippen LogP contribution in [0.3, 0.4) is 0 Å². The van der Waals surface area contributed by atoms with E-state index in [1.54, 1.807) is 48.6 Å². The molecule has 0 bridgehead atoms. The van der Waals surface area contributed by atoms with Crippen molar-refractivity contribution in [3.8, 4) is 11.1 Å². The molecular formula is C18H19F2N3. The standard InChI is InChI=1S/C18H19F2N3/c1-4-11(2)17-9-21-7-12-5-14(13-8-22-23(3)10-13)16(18(19)20)6-15(12)17/h5-11,18H,4H2,1-3H3. The van der Waals surface area contributed by atoms with Gasteiger partial charge in [0.2, 0.25) is 0 Å². The minimum Gasteiger partial charge on any atom is -0.275 e. The molecule has 2 aromatic heterocycles. The first-order chi connectivity index (χ1) is 11.0. The molecule has 0 fully saturated rings. The van der Waals surface area contributed by atoms with E-state index in [9.17, 15) is 8.78 Å². The molecule has 23 heavy (non-hydrogen) atoms. The van der Waals surface area contributed by atoms with E-state index in [0.717, 1.165) is 22.8 Å². The molecule has 0 spiro atoms. The zero-order valence-corrected chi connectivity index (χ0v) is 13.4. The van der Waals surface area contributed by atoms with Gasteiger partial charge in [-0.25, -0.2) is 8.78 Å². The molecule has 0 aliphatic rings. The van der Waals surface area contributed by atoms with Gasteiger partial charge in [0.15, 0.2) is 0 Å². The average molecular weight is 315 g/mol. The van der Waals surface area contributed by atoms with Crippen molar-refractivity contribution in [1.82, 2.24) is 14.8 Å². The van der Waals surface area contributed by atoms with Crippen LogP contribution in [0, 0.1) is 0 Å². The Bertz CT molecular complexity index is 839. The van der Waals surface area contributed by atoms with Gasteiger partial charge >= 0.3 is 0 Å². The number of halogens is 2. The molecule has 0 radical (unpaired) electrons. The Morgan fingerprint density at radius 2 is 1.91 bits per heavy atom. The molecule has 3 rings (SSSR count). The summed E-state index contributed by atoms with van der Waals surface area (Å²) in [6.07, 6.45) is 5.28. The van der Waals surface area contributed by atoms with Gasteiger partial charge < -0.3 is 0 Å². The second-order valence-electron chi connectivity index (χ2n) is 5.90. The average Bonchev–Trinajstić information content (AvgIpc) is 2.98. The van der Waals surface area contributed by atoms with Crippen molar-refractivity contribution in [2.45, 2.75) is 32.6 Å². The van der Waals surface area contributed by atoms with Crippen LogP contribution >= 0.6 is 0 Å². The molecule has 1 unspecified atom stereocenters. The van der Waals surface area contributed by atoms with Crippen LogP contribution in [-0.4, -0.2) is 14.8 Å². The second-order valence-corrected chi connectivity index (χ2v) is 5.90. The quantitative estimate of drug-likeness (QED) is 0.671. The number of hydrogen-bond donors (Lipinski definition) is 0. The molecule has 2 heterocycles. The summed E-state index contributed by atoms with van der Waals surface area (Å²) in [6, 6.07) is 3.41. The van der Waals surface area contributed by atoms with Gasteiger partial charge in [-0.05, 0) is 41.0 Å². The first-order valence-corrected chi connectivity index (χ1v) is 7.70. The molecule has 120 valence electrons. The van der Waals surface area contributed by atoms with E-state index in [1.165, 1.54) is 0 Å². The van der Waals surface area contributed by atoms with E-state index in [4.69, 9.17) is 0 Å². The predicted octanol–water partition coefficient (Wildman–Crippen LogP) is 5.09. The molecule has 0 amide bonds.